The Balaban J connectivity index is 0.000000222. The number of imidazole rings is 1. The van der Waals surface area contributed by atoms with E-state index in [4.69, 9.17) is 38.0 Å². The van der Waals surface area contributed by atoms with Crippen LogP contribution in [-0.4, -0.2) is 44.0 Å². The highest BCUT2D eigenvalue weighted by Gasteiger charge is 2.26. The second kappa shape index (κ2) is 9.79. The molecule has 1 aromatic heterocycles. The average molecular weight is 465 g/mol. The maximum absolute atomic E-state index is 13.7. The smallest absolute Gasteiger partial charge is 0.339 e. The Kier molecular flexibility index (Phi) is 7.11. The van der Waals surface area contributed by atoms with Crippen molar-refractivity contribution in [3.63, 3.8) is 0 Å². The zero-order chi connectivity index (χ0) is 23.4. The van der Waals surface area contributed by atoms with Crippen LogP contribution in [0, 0.1) is 16.4 Å². The van der Waals surface area contributed by atoms with Crippen LogP contribution in [-0.2, 0) is 12.8 Å². The number of ether oxygens (including phenoxy) is 1. The molecule has 0 unspecified atom stereocenters. The normalized spacial score (nSPS) is 14.7. The van der Waals surface area contributed by atoms with Crippen molar-refractivity contribution in [2.75, 3.05) is 13.2 Å². The Morgan fingerprint density at radius 2 is 2.03 bits per heavy atom. The number of aromatic carboxylic acids is 1. The van der Waals surface area contributed by atoms with E-state index in [0.29, 0.717) is 36.3 Å². The van der Waals surface area contributed by atoms with Crippen molar-refractivity contribution < 1.29 is 33.6 Å². The summed E-state index contributed by atoms with van der Waals surface area (Å²) >= 11 is 5.28. The van der Waals surface area contributed by atoms with Gasteiger partial charge in [-0.1, -0.05) is 0 Å². The van der Waals surface area contributed by atoms with E-state index in [9.17, 15) is 13.6 Å². The van der Waals surface area contributed by atoms with Gasteiger partial charge >= 0.3 is 5.97 Å². The van der Waals surface area contributed by atoms with E-state index in [1.807, 2.05) is 10.8 Å². The number of carboxylic acid groups (broad SMARTS) is 1. The number of H-pyrrole nitrogens is 1. The van der Waals surface area contributed by atoms with Crippen molar-refractivity contribution in [2.45, 2.75) is 18.9 Å². The molecular weight excluding hydrogens is 444 g/mol. The van der Waals surface area contributed by atoms with E-state index in [1.54, 1.807) is 0 Å². The van der Waals surface area contributed by atoms with Gasteiger partial charge in [0, 0.05) is 36.4 Å². The topological polar surface area (TPSA) is 134 Å². The number of aromatic nitrogens is 2. The first-order valence-electron chi connectivity index (χ1n) is 9.56. The predicted octanol–water partition coefficient (Wildman–Crippen LogP) is 3.30. The summed E-state index contributed by atoms with van der Waals surface area (Å²) in [6.45, 7) is 0.791. The molecule has 2 aromatic carbocycles. The standard InChI is InChI=1S/C14H15F2N3OS.C7H6O4/c15-9-3-8-4-11(7-20-13(8)12(16)5-9)19-10(1-2-17)6-18-14(19)21;8-4-1-2-6(9)5(3-4)7(10)11/h3,5-6,11H,1-2,4,7,17H2,(H,18,21);1-3,8-9H,(H,10,11)/t11-;/m1./s1. The van der Waals surface area contributed by atoms with Crippen molar-refractivity contribution in [1.82, 2.24) is 9.55 Å². The number of fused-ring (bicyclic) bond motifs is 1. The third-order valence-corrected chi connectivity index (χ3v) is 5.14. The maximum Gasteiger partial charge on any atom is 0.339 e. The van der Waals surface area contributed by atoms with Gasteiger partial charge in [0.05, 0.1) is 6.04 Å². The third kappa shape index (κ3) is 5.06. The van der Waals surface area contributed by atoms with Crippen LogP contribution >= 0.6 is 12.2 Å². The van der Waals surface area contributed by atoms with E-state index >= 15 is 0 Å². The minimum absolute atomic E-state index is 0.0981. The minimum Gasteiger partial charge on any atom is -0.508 e. The number of carbonyl (C=O) groups is 1. The molecule has 170 valence electrons. The van der Waals surface area contributed by atoms with Crippen LogP contribution in [0.2, 0.25) is 0 Å². The average Bonchev–Trinajstić information content (AvgIpc) is 3.10. The van der Waals surface area contributed by atoms with Crippen LogP contribution in [0.3, 0.4) is 0 Å². The second-order valence-electron chi connectivity index (χ2n) is 7.05. The fourth-order valence-corrected chi connectivity index (χ4v) is 3.76. The molecule has 11 heteroatoms. The summed E-state index contributed by atoms with van der Waals surface area (Å²) in [7, 11) is 0. The van der Waals surface area contributed by atoms with E-state index in [-0.39, 0.29) is 28.9 Å². The molecule has 8 nitrogen and oxygen atoms in total. The number of halogens is 2. The lowest BCUT2D eigenvalue weighted by atomic mass is 10.0. The number of benzene rings is 2. The summed E-state index contributed by atoms with van der Waals surface area (Å²) in [6, 6.07) is 5.36. The number of nitrogens with one attached hydrogen (secondary N) is 1. The van der Waals surface area contributed by atoms with Crippen molar-refractivity contribution in [3.05, 3.63) is 69.8 Å². The van der Waals surface area contributed by atoms with Gasteiger partial charge in [0.2, 0.25) is 0 Å². The Hall–Kier alpha value is -3.44. The highest BCUT2D eigenvalue weighted by Crippen LogP contribution is 2.33. The zero-order valence-electron chi connectivity index (χ0n) is 16.7. The number of rotatable bonds is 4. The van der Waals surface area contributed by atoms with Gasteiger partial charge in [-0.2, -0.15) is 0 Å². The van der Waals surface area contributed by atoms with Crippen LogP contribution in [0.4, 0.5) is 8.78 Å². The van der Waals surface area contributed by atoms with E-state index in [1.165, 1.54) is 12.1 Å². The number of hydrogen-bond acceptors (Lipinski definition) is 6. The molecule has 6 N–H and O–H groups in total. The molecule has 0 amide bonds. The summed E-state index contributed by atoms with van der Waals surface area (Å²) in [5.74, 6) is -2.93. The van der Waals surface area contributed by atoms with Gasteiger partial charge < -0.3 is 35.3 Å². The number of nitrogens with two attached hydrogens (primary N) is 1. The zero-order valence-corrected chi connectivity index (χ0v) is 17.5. The molecule has 1 aliphatic rings. The quantitative estimate of drug-likeness (QED) is 0.295. The predicted molar refractivity (Wildman–Crippen MR) is 114 cm³/mol. The molecule has 0 spiro atoms. The Labute approximate surface area is 186 Å². The van der Waals surface area contributed by atoms with Gasteiger partial charge in [0.1, 0.15) is 29.5 Å². The fourth-order valence-electron chi connectivity index (χ4n) is 3.44. The number of aromatic hydroxyl groups is 2. The molecular formula is C21H21F2N3O5S. The monoisotopic (exact) mass is 465 g/mol. The van der Waals surface area contributed by atoms with Crippen molar-refractivity contribution in [3.8, 4) is 17.2 Å². The lowest BCUT2D eigenvalue weighted by Gasteiger charge is -2.27. The van der Waals surface area contributed by atoms with Crippen LogP contribution in [0.1, 0.15) is 27.7 Å². The van der Waals surface area contributed by atoms with Crippen LogP contribution in [0.25, 0.3) is 0 Å². The summed E-state index contributed by atoms with van der Waals surface area (Å²) in [5.41, 5.74) is 6.78. The summed E-state index contributed by atoms with van der Waals surface area (Å²) in [6.07, 6.45) is 2.96. The Bertz CT molecular complexity index is 1190. The lowest BCUT2D eigenvalue weighted by molar-refractivity contribution is 0.0693. The van der Waals surface area contributed by atoms with Gasteiger partial charge in [-0.05, 0) is 43.0 Å². The highest BCUT2D eigenvalue weighted by atomic mass is 32.1. The SMILES string of the molecule is NCCc1c[nH]c(=S)n1[C@H]1COc2c(F)cc(F)cc2C1.O=C(O)c1cc(O)ccc1O. The molecule has 0 saturated heterocycles. The van der Waals surface area contributed by atoms with Crippen LogP contribution in [0.5, 0.6) is 17.2 Å². The summed E-state index contributed by atoms with van der Waals surface area (Å²) < 4.78 is 35.0. The van der Waals surface area contributed by atoms with E-state index in [0.717, 1.165) is 23.9 Å². The molecule has 4 rings (SSSR count). The van der Waals surface area contributed by atoms with Gasteiger partial charge in [-0.3, -0.25) is 0 Å². The molecule has 0 aliphatic carbocycles. The Morgan fingerprint density at radius 1 is 1.28 bits per heavy atom. The molecule has 0 radical (unpaired) electrons. The highest BCUT2D eigenvalue weighted by molar-refractivity contribution is 7.71. The summed E-state index contributed by atoms with van der Waals surface area (Å²) in [5, 5.41) is 26.1. The first kappa shape index (κ1) is 23.2. The molecule has 1 atom stereocenters. The fraction of sp³-hybridized carbons (Fsp3) is 0.238. The number of phenols is 2. The molecule has 32 heavy (non-hydrogen) atoms. The molecule has 0 bridgehead atoms. The molecule has 1 aliphatic heterocycles. The van der Waals surface area contributed by atoms with E-state index < -0.39 is 17.6 Å². The first-order chi connectivity index (χ1) is 15.2. The first-order valence-corrected chi connectivity index (χ1v) is 9.97. The van der Waals surface area contributed by atoms with Gasteiger partial charge in [-0.25, -0.2) is 13.6 Å². The van der Waals surface area contributed by atoms with Gasteiger partial charge in [-0.15, -0.1) is 0 Å². The third-order valence-electron chi connectivity index (χ3n) is 4.83. The second-order valence-corrected chi connectivity index (χ2v) is 7.43. The number of phenolic OH excluding ortho intramolecular Hbond substituents is 1. The minimum atomic E-state index is -1.27. The van der Waals surface area contributed by atoms with Crippen molar-refractivity contribution >= 4 is 18.2 Å². The molecule has 2 heterocycles. The molecule has 0 fully saturated rings. The Morgan fingerprint density at radius 3 is 2.69 bits per heavy atom. The maximum atomic E-state index is 13.7. The molecule has 3 aromatic rings. The van der Waals surface area contributed by atoms with Crippen molar-refractivity contribution in [2.24, 2.45) is 5.73 Å². The van der Waals surface area contributed by atoms with Gasteiger partial charge in [0.25, 0.3) is 0 Å². The lowest BCUT2D eigenvalue weighted by Crippen LogP contribution is -2.27. The number of carboxylic acids is 1. The van der Waals surface area contributed by atoms with Crippen LogP contribution in [0.15, 0.2) is 36.5 Å². The van der Waals surface area contributed by atoms with E-state index in [2.05, 4.69) is 4.98 Å². The number of hydrogen-bond donors (Lipinski definition) is 5. The number of aromatic amines is 1. The van der Waals surface area contributed by atoms with Gasteiger partial charge in [0.15, 0.2) is 16.3 Å². The summed E-state index contributed by atoms with van der Waals surface area (Å²) in [4.78, 5) is 13.3. The largest absolute Gasteiger partial charge is 0.508 e. The van der Waals surface area contributed by atoms with Crippen LogP contribution < -0.4 is 10.5 Å². The number of nitrogens with zero attached hydrogens (tertiary/aromatic N) is 1. The van der Waals surface area contributed by atoms with Crippen molar-refractivity contribution in [1.29, 1.82) is 0 Å². The molecule has 0 saturated carbocycles.